The van der Waals surface area contributed by atoms with Crippen molar-refractivity contribution < 1.29 is 9.53 Å². The molecule has 1 aliphatic heterocycles. The Hall–Kier alpha value is -1.95. The van der Waals surface area contributed by atoms with E-state index < -0.39 is 0 Å². The number of carbonyl (C=O) groups is 1. The molecule has 1 saturated heterocycles. The van der Waals surface area contributed by atoms with E-state index in [1.54, 1.807) is 21.7 Å². The van der Waals surface area contributed by atoms with Crippen LogP contribution >= 0.6 is 11.3 Å². The first-order chi connectivity index (χ1) is 10.3. The molecule has 2 aromatic rings. The molecule has 0 spiro atoms. The van der Waals surface area contributed by atoms with E-state index in [0.717, 1.165) is 36.5 Å². The van der Waals surface area contributed by atoms with Crippen molar-refractivity contribution in [2.24, 2.45) is 0 Å². The van der Waals surface area contributed by atoms with Crippen LogP contribution in [-0.4, -0.2) is 34.3 Å². The lowest BCUT2D eigenvalue weighted by atomic mass is 9.98. The number of likely N-dealkylation sites (tertiary alicyclic amines) is 1. The molecule has 1 fully saturated rings. The lowest BCUT2D eigenvalue weighted by Crippen LogP contribution is -2.38. The molecule has 1 amide bonds. The van der Waals surface area contributed by atoms with E-state index in [0.29, 0.717) is 12.5 Å². The average Bonchev–Trinajstić information content (AvgIpc) is 3.08. The highest BCUT2D eigenvalue weighted by molar-refractivity contribution is 7.09. The molecule has 1 aliphatic rings. The molecular weight excluding hydrogens is 286 g/mol. The van der Waals surface area contributed by atoms with Crippen molar-refractivity contribution >= 4 is 17.4 Å². The maximum Gasteiger partial charge on any atom is 0.410 e. The predicted molar refractivity (Wildman–Crippen MR) is 80.1 cm³/mol. The van der Waals surface area contributed by atoms with E-state index in [4.69, 9.17) is 4.74 Å². The molecule has 3 rings (SSSR count). The van der Waals surface area contributed by atoms with Crippen LogP contribution in [0.1, 0.15) is 29.3 Å². The zero-order chi connectivity index (χ0) is 14.5. The molecule has 0 aliphatic carbocycles. The van der Waals surface area contributed by atoms with Crippen LogP contribution in [0.2, 0.25) is 0 Å². The standard InChI is InChI=1S/C15H17N3O2S/c19-15(20-10-12-4-2-1-3-5-12)18-8-6-13(7-9-18)14-17-16-11-21-14/h1-5,11,13H,6-10H2. The lowest BCUT2D eigenvalue weighted by Gasteiger charge is -2.30. The Labute approximate surface area is 127 Å². The molecule has 1 aromatic carbocycles. The Bertz CT molecular complexity index is 566. The zero-order valence-corrected chi connectivity index (χ0v) is 12.5. The molecule has 0 atom stereocenters. The fourth-order valence-corrected chi connectivity index (χ4v) is 3.20. The topological polar surface area (TPSA) is 55.3 Å². The van der Waals surface area contributed by atoms with E-state index in [9.17, 15) is 4.79 Å². The summed E-state index contributed by atoms with van der Waals surface area (Å²) in [5, 5.41) is 9.07. The van der Waals surface area contributed by atoms with Crippen LogP contribution in [0.3, 0.4) is 0 Å². The molecule has 110 valence electrons. The smallest absolute Gasteiger partial charge is 0.410 e. The van der Waals surface area contributed by atoms with Crippen molar-refractivity contribution in [3.05, 3.63) is 46.4 Å². The van der Waals surface area contributed by atoms with Crippen LogP contribution in [0.4, 0.5) is 4.79 Å². The number of hydrogen-bond acceptors (Lipinski definition) is 5. The predicted octanol–water partition coefficient (Wildman–Crippen LogP) is 3.05. The fourth-order valence-electron chi connectivity index (χ4n) is 2.48. The van der Waals surface area contributed by atoms with Crippen LogP contribution in [0.25, 0.3) is 0 Å². The maximum atomic E-state index is 12.0. The van der Waals surface area contributed by atoms with Gasteiger partial charge in [0.25, 0.3) is 0 Å². The van der Waals surface area contributed by atoms with Gasteiger partial charge in [-0.3, -0.25) is 0 Å². The van der Waals surface area contributed by atoms with Gasteiger partial charge in [0.1, 0.15) is 17.1 Å². The van der Waals surface area contributed by atoms with Gasteiger partial charge in [-0.15, -0.1) is 21.5 Å². The molecular formula is C15H17N3O2S. The summed E-state index contributed by atoms with van der Waals surface area (Å²) in [6.07, 6.45) is 1.63. The SMILES string of the molecule is O=C(OCc1ccccc1)N1CCC(c2nncs2)CC1. The van der Waals surface area contributed by atoms with E-state index in [-0.39, 0.29) is 6.09 Å². The molecule has 0 N–H and O–H groups in total. The van der Waals surface area contributed by atoms with Crippen LogP contribution in [0.15, 0.2) is 35.8 Å². The van der Waals surface area contributed by atoms with Gasteiger partial charge in [0, 0.05) is 19.0 Å². The quantitative estimate of drug-likeness (QED) is 0.874. The molecule has 0 unspecified atom stereocenters. The van der Waals surface area contributed by atoms with Gasteiger partial charge in [-0.1, -0.05) is 30.3 Å². The third-order valence-corrected chi connectivity index (χ3v) is 4.54. The van der Waals surface area contributed by atoms with Crippen molar-refractivity contribution in [2.75, 3.05) is 13.1 Å². The number of carbonyl (C=O) groups excluding carboxylic acids is 1. The van der Waals surface area contributed by atoms with Crippen molar-refractivity contribution in [1.82, 2.24) is 15.1 Å². The molecule has 0 radical (unpaired) electrons. The van der Waals surface area contributed by atoms with Crippen molar-refractivity contribution in [1.29, 1.82) is 0 Å². The van der Waals surface area contributed by atoms with Crippen LogP contribution in [-0.2, 0) is 11.3 Å². The summed E-state index contributed by atoms with van der Waals surface area (Å²) in [6.45, 7) is 1.77. The van der Waals surface area contributed by atoms with Crippen LogP contribution < -0.4 is 0 Å². The third-order valence-electron chi connectivity index (χ3n) is 3.68. The molecule has 1 aromatic heterocycles. The molecule has 5 nitrogen and oxygen atoms in total. The minimum atomic E-state index is -0.227. The maximum absolute atomic E-state index is 12.0. The molecule has 0 saturated carbocycles. The summed E-state index contributed by atoms with van der Waals surface area (Å²) in [7, 11) is 0. The summed E-state index contributed by atoms with van der Waals surface area (Å²) in [5.41, 5.74) is 2.77. The van der Waals surface area contributed by atoms with Gasteiger partial charge in [0.2, 0.25) is 0 Å². The number of ether oxygens (including phenoxy) is 1. The minimum Gasteiger partial charge on any atom is -0.445 e. The first-order valence-electron chi connectivity index (χ1n) is 7.04. The van der Waals surface area contributed by atoms with E-state index >= 15 is 0 Å². The van der Waals surface area contributed by atoms with E-state index in [2.05, 4.69) is 10.2 Å². The van der Waals surface area contributed by atoms with Gasteiger partial charge in [0.05, 0.1) is 0 Å². The van der Waals surface area contributed by atoms with Crippen molar-refractivity contribution in [3.8, 4) is 0 Å². The summed E-state index contributed by atoms with van der Waals surface area (Å²) in [6, 6.07) is 9.74. The van der Waals surface area contributed by atoms with Gasteiger partial charge >= 0.3 is 6.09 Å². The second kappa shape index (κ2) is 6.67. The van der Waals surface area contributed by atoms with Gasteiger partial charge in [-0.05, 0) is 18.4 Å². The molecule has 6 heteroatoms. The second-order valence-electron chi connectivity index (χ2n) is 5.08. The molecule has 21 heavy (non-hydrogen) atoms. The number of hydrogen-bond donors (Lipinski definition) is 0. The fraction of sp³-hybridized carbons (Fsp3) is 0.400. The molecule has 0 bridgehead atoms. The number of nitrogens with zero attached hydrogens (tertiary/aromatic N) is 3. The van der Waals surface area contributed by atoms with Gasteiger partial charge in [0.15, 0.2) is 0 Å². The monoisotopic (exact) mass is 303 g/mol. The molecule has 2 heterocycles. The minimum absolute atomic E-state index is 0.227. The number of amides is 1. The van der Waals surface area contributed by atoms with Crippen LogP contribution in [0.5, 0.6) is 0 Å². The Morgan fingerprint density at radius 1 is 1.29 bits per heavy atom. The van der Waals surface area contributed by atoms with E-state index in [1.807, 2.05) is 30.3 Å². The normalized spacial score (nSPS) is 15.9. The van der Waals surface area contributed by atoms with Gasteiger partial charge < -0.3 is 9.64 Å². The van der Waals surface area contributed by atoms with Crippen molar-refractivity contribution in [3.63, 3.8) is 0 Å². The number of aromatic nitrogens is 2. The summed E-state index contributed by atoms with van der Waals surface area (Å²) in [4.78, 5) is 13.8. The average molecular weight is 303 g/mol. The highest BCUT2D eigenvalue weighted by Crippen LogP contribution is 2.28. The zero-order valence-electron chi connectivity index (χ0n) is 11.6. The Balaban J connectivity index is 1.47. The summed E-state index contributed by atoms with van der Waals surface area (Å²) in [5.74, 6) is 0.427. The number of benzene rings is 1. The van der Waals surface area contributed by atoms with Gasteiger partial charge in [-0.2, -0.15) is 0 Å². The lowest BCUT2D eigenvalue weighted by molar-refractivity contribution is 0.0870. The van der Waals surface area contributed by atoms with Crippen molar-refractivity contribution in [2.45, 2.75) is 25.4 Å². The number of rotatable bonds is 3. The summed E-state index contributed by atoms with van der Waals surface area (Å²) >= 11 is 1.59. The number of piperidine rings is 1. The second-order valence-corrected chi connectivity index (χ2v) is 5.94. The highest BCUT2D eigenvalue weighted by Gasteiger charge is 2.26. The first kappa shape index (κ1) is 14.0. The highest BCUT2D eigenvalue weighted by atomic mass is 32.1. The van der Waals surface area contributed by atoms with Crippen LogP contribution in [0, 0.1) is 0 Å². The largest absolute Gasteiger partial charge is 0.445 e. The first-order valence-corrected chi connectivity index (χ1v) is 7.92. The summed E-state index contributed by atoms with van der Waals surface area (Å²) < 4.78 is 5.36. The Kier molecular flexibility index (Phi) is 4.45. The van der Waals surface area contributed by atoms with Gasteiger partial charge in [-0.25, -0.2) is 4.79 Å². The third kappa shape index (κ3) is 3.58. The Morgan fingerprint density at radius 3 is 2.71 bits per heavy atom. The van der Waals surface area contributed by atoms with E-state index in [1.165, 1.54) is 0 Å². The Morgan fingerprint density at radius 2 is 2.05 bits per heavy atom.